The number of alkyl halides is 1. The highest BCUT2D eigenvalue weighted by atomic mass is 32.2. The zero-order valence-corrected chi connectivity index (χ0v) is 30.8. The van der Waals surface area contributed by atoms with Crippen LogP contribution in [0.4, 0.5) is 13.2 Å². The van der Waals surface area contributed by atoms with Crippen LogP contribution in [-0.4, -0.2) is 68.4 Å². The quantitative estimate of drug-likeness (QED) is 0.167. The number of aliphatic carboxylic acids is 1. The minimum absolute atomic E-state index is 0.0322. The topological polar surface area (TPSA) is 107 Å². The van der Waals surface area contributed by atoms with E-state index in [0.717, 1.165) is 22.4 Å². The Morgan fingerprint density at radius 3 is 2.00 bits per heavy atom. The van der Waals surface area contributed by atoms with Gasteiger partial charge in [0.25, 0.3) is 0 Å². The highest BCUT2D eigenvalue weighted by Gasteiger charge is 2.27. The first-order valence-electron chi connectivity index (χ1n) is 16.8. The molecule has 0 unspecified atom stereocenters. The molecule has 7 nitrogen and oxygen atoms in total. The second kappa shape index (κ2) is 21.8. The predicted molar refractivity (Wildman–Crippen MR) is 192 cm³/mol. The van der Waals surface area contributed by atoms with Gasteiger partial charge >= 0.3 is 5.97 Å². The number of β-amino-alcohol motifs (C(OH)–C–C–N with tert-alkyl or cyclic N) is 1. The van der Waals surface area contributed by atoms with Crippen LogP contribution in [0.3, 0.4) is 0 Å². The van der Waals surface area contributed by atoms with Gasteiger partial charge in [0.2, 0.25) is 10.0 Å². The molecule has 0 aromatic heterocycles. The summed E-state index contributed by atoms with van der Waals surface area (Å²) in [5, 5.41) is 20.9. The number of aliphatic hydroxyl groups is 1. The molecule has 0 fully saturated rings. The van der Waals surface area contributed by atoms with Crippen LogP contribution in [-0.2, 0) is 34.1 Å². The van der Waals surface area contributed by atoms with Crippen molar-refractivity contribution < 1.29 is 36.6 Å². The number of aryl methyl sites for hydroxylation is 1. The number of nitrogens with zero attached hydrogens (tertiary/aromatic N) is 1. The summed E-state index contributed by atoms with van der Waals surface area (Å²) in [4.78, 5) is 10.4. The van der Waals surface area contributed by atoms with E-state index in [0.29, 0.717) is 13.7 Å². The molecular formula is C38H55F3N2O5S. The molecule has 0 spiro atoms. The number of hydrogen-bond donors (Lipinski definition) is 3. The molecule has 0 radical (unpaired) electrons. The lowest BCUT2D eigenvalue weighted by Gasteiger charge is -2.29. The number of benzene rings is 3. The first kappa shape index (κ1) is 43.8. The van der Waals surface area contributed by atoms with Crippen molar-refractivity contribution in [1.82, 2.24) is 9.62 Å². The Bertz CT molecular complexity index is 1520. The van der Waals surface area contributed by atoms with E-state index in [1.165, 1.54) is 74.5 Å². The maximum absolute atomic E-state index is 14.4. The minimum atomic E-state index is -3.78. The summed E-state index contributed by atoms with van der Waals surface area (Å²) in [6, 6.07) is 16.2. The average Bonchev–Trinajstić information content (AvgIpc) is 3.49. The number of rotatable bonds is 13. The van der Waals surface area contributed by atoms with Crippen LogP contribution in [0.1, 0.15) is 77.0 Å². The second-order valence-corrected chi connectivity index (χ2v) is 14.6. The SMILES string of the molecule is CC(C)(CC1Cc2ccccc2C1)NCCO.CCCC.CCN(C)S(=O)(=O)c1ccc(-c2ccc(CCC(=O)O)c(F)c2)c(F)c1.CF. The largest absolute Gasteiger partial charge is 0.481 e. The van der Waals surface area contributed by atoms with Crippen molar-refractivity contribution in [3.63, 3.8) is 0 Å². The molecule has 1 aliphatic rings. The molecule has 3 N–H and O–H groups in total. The van der Waals surface area contributed by atoms with Crippen molar-refractivity contribution in [3.05, 3.63) is 89.0 Å². The third kappa shape index (κ3) is 14.3. The maximum atomic E-state index is 14.4. The molecule has 0 saturated heterocycles. The first-order chi connectivity index (χ1) is 23.2. The zero-order chi connectivity index (χ0) is 37.2. The Hall–Kier alpha value is -3.25. The number of sulfonamides is 1. The molecule has 0 bridgehead atoms. The summed E-state index contributed by atoms with van der Waals surface area (Å²) < 4.78 is 63.6. The number of carbonyl (C=O) groups is 1. The highest BCUT2D eigenvalue weighted by molar-refractivity contribution is 7.89. The van der Waals surface area contributed by atoms with E-state index in [9.17, 15) is 26.4 Å². The van der Waals surface area contributed by atoms with Gasteiger partial charge in [0.15, 0.2) is 0 Å². The van der Waals surface area contributed by atoms with Crippen molar-refractivity contribution in [2.75, 3.05) is 33.9 Å². The summed E-state index contributed by atoms with van der Waals surface area (Å²) in [5.41, 5.74) is 3.69. The Morgan fingerprint density at radius 2 is 1.53 bits per heavy atom. The van der Waals surface area contributed by atoms with Crippen LogP contribution in [0.2, 0.25) is 0 Å². The monoisotopic (exact) mass is 708 g/mol. The van der Waals surface area contributed by atoms with Crippen molar-refractivity contribution >= 4 is 16.0 Å². The molecule has 11 heteroatoms. The van der Waals surface area contributed by atoms with E-state index in [1.807, 2.05) is 0 Å². The van der Waals surface area contributed by atoms with Gasteiger partial charge in [-0.05, 0) is 85.9 Å². The van der Waals surface area contributed by atoms with Crippen LogP contribution < -0.4 is 5.32 Å². The van der Waals surface area contributed by atoms with E-state index in [4.69, 9.17) is 10.2 Å². The Labute approximate surface area is 291 Å². The summed E-state index contributed by atoms with van der Waals surface area (Å²) in [6.45, 7) is 11.6. The van der Waals surface area contributed by atoms with Crippen molar-refractivity contribution in [1.29, 1.82) is 0 Å². The molecule has 0 aliphatic heterocycles. The number of unbranched alkanes of at least 4 members (excludes halogenated alkanes) is 1. The van der Waals surface area contributed by atoms with Crippen LogP contribution in [0.15, 0.2) is 65.6 Å². The van der Waals surface area contributed by atoms with Gasteiger partial charge in [0, 0.05) is 37.7 Å². The molecule has 0 heterocycles. The minimum Gasteiger partial charge on any atom is -0.481 e. The number of fused-ring (bicyclic) bond motifs is 1. The number of nitrogens with one attached hydrogen (secondary N) is 1. The van der Waals surface area contributed by atoms with Crippen LogP contribution in [0.25, 0.3) is 11.1 Å². The molecule has 0 amide bonds. The molecule has 49 heavy (non-hydrogen) atoms. The molecular weight excluding hydrogens is 653 g/mol. The van der Waals surface area contributed by atoms with Crippen molar-refractivity contribution in [2.45, 2.75) is 90.0 Å². The van der Waals surface area contributed by atoms with Gasteiger partial charge in [-0.1, -0.05) is 76.1 Å². The number of aliphatic hydroxyl groups excluding tert-OH is 1. The summed E-state index contributed by atoms with van der Waals surface area (Å²) in [5.74, 6) is -1.71. The fraction of sp³-hybridized carbons (Fsp3) is 0.500. The van der Waals surface area contributed by atoms with E-state index in [1.54, 1.807) is 6.92 Å². The summed E-state index contributed by atoms with van der Waals surface area (Å²) >= 11 is 0. The lowest BCUT2D eigenvalue weighted by molar-refractivity contribution is -0.136. The normalized spacial score (nSPS) is 12.6. The summed E-state index contributed by atoms with van der Waals surface area (Å²) in [6.07, 6.45) is 6.05. The number of carboxylic acids is 1. The van der Waals surface area contributed by atoms with E-state index < -0.39 is 27.6 Å². The van der Waals surface area contributed by atoms with Gasteiger partial charge in [-0.3, -0.25) is 9.18 Å². The Morgan fingerprint density at radius 1 is 0.939 bits per heavy atom. The summed E-state index contributed by atoms with van der Waals surface area (Å²) in [7, 11) is -1.88. The van der Waals surface area contributed by atoms with Gasteiger partial charge in [-0.25, -0.2) is 21.5 Å². The zero-order valence-electron chi connectivity index (χ0n) is 30.0. The van der Waals surface area contributed by atoms with Crippen molar-refractivity contribution in [3.8, 4) is 11.1 Å². The maximum Gasteiger partial charge on any atom is 0.303 e. The van der Waals surface area contributed by atoms with E-state index in [2.05, 4.69) is 57.3 Å². The van der Waals surface area contributed by atoms with Gasteiger partial charge in [0.1, 0.15) is 11.6 Å². The molecule has 4 rings (SSSR count). The van der Waals surface area contributed by atoms with Crippen LogP contribution >= 0.6 is 0 Å². The van der Waals surface area contributed by atoms with Gasteiger partial charge in [-0.2, -0.15) is 0 Å². The molecule has 3 aromatic rings. The third-order valence-electron chi connectivity index (χ3n) is 8.22. The lowest BCUT2D eigenvalue weighted by atomic mass is 9.88. The van der Waals surface area contributed by atoms with Crippen LogP contribution in [0, 0.1) is 17.6 Å². The second-order valence-electron chi connectivity index (χ2n) is 12.5. The van der Waals surface area contributed by atoms with E-state index in [-0.39, 0.29) is 53.1 Å². The van der Waals surface area contributed by atoms with Gasteiger partial charge in [0.05, 0.1) is 18.7 Å². The van der Waals surface area contributed by atoms with Crippen LogP contribution in [0.5, 0.6) is 0 Å². The number of halogens is 3. The highest BCUT2D eigenvalue weighted by Crippen LogP contribution is 2.32. The van der Waals surface area contributed by atoms with Crippen molar-refractivity contribution in [2.24, 2.45) is 5.92 Å². The number of carboxylic acid groups (broad SMARTS) is 1. The smallest absolute Gasteiger partial charge is 0.303 e. The molecule has 0 atom stereocenters. The molecule has 3 aromatic carbocycles. The number of hydrogen-bond acceptors (Lipinski definition) is 5. The predicted octanol–water partition coefficient (Wildman–Crippen LogP) is 7.83. The fourth-order valence-electron chi connectivity index (χ4n) is 5.38. The Kier molecular flexibility index (Phi) is 19.4. The standard InChI is InChI=1S/C18H19F2NO4S.C15H23NO.C4H10.CH3F/c1-3-21(2)26(24,25)14-7-8-15(17(20)11-14)13-5-4-12(16(19)10-13)6-9-18(22)23;1-15(2,16-7-8-17)11-12-9-13-5-3-4-6-14(13)10-12;1-3-4-2;1-2/h4-5,7-8,10-11H,3,6,9H2,1-2H3,(H,22,23);3-6,12,16-17H,7-11H2,1-2H3;3-4H2,1-2H3;1H3. The third-order valence-corrected chi connectivity index (χ3v) is 10.1. The van der Waals surface area contributed by atoms with Gasteiger partial charge < -0.3 is 15.5 Å². The molecule has 0 saturated carbocycles. The van der Waals surface area contributed by atoms with E-state index >= 15 is 0 Å². The lowest BCUT2D eigenvalue weighted by Crippen LogP contribution is -2.42. The molecule has 274 valence electrons. The first-order valence-corrected chi connectivity index (χ1v) is 18.2. The average molecular weight is 709 g/mol. The van der Waals surface area contributed by atoms with Gasteiger partial charge in [-0.15, -0.1) is 0 Å². The Balaban J connectivity index is 0.000000447. The fourth-order valence-corrected chi connectivity index (χ4v) is 6.57. The molecule has 1 aliphatic carbocycles.